The van der Waals surface area contributed by atoms with Gasteiger partial charge < -0.3 is 36.6 Å². The van der Waals surface area contributed by atoms with Gasteiger partial charge in [-0.25, -0.2) is 14.8 Å². The Balaban J connectivity index is 0.773. The van der Waals surface area contributed by atoms with Crippen molar-refractivity contribution < 1.29 is 38.7 Å². The lowest BCUT2D eigenvalue weighted by Crippen LogP contribution is -2.54. The molecule has 0 aliphatic carbocycles. The molecule has 2 atom stereocenters. The molecule has 6 heterocycles. The van der Waals surface area contributed by atoms with Gasteiger partial charge in [0.1, 0.15) is 12.1 Å². The van der Waals surface area contributed by atoms with Gasteiger partial charge in [0.05, 0.1) is 29.6 Å². The third-order valence-electron chi connectivity index (χ3n) is 12.6. The van der Waals surface area contributed by atoms with Crippen LogP contribution in [-0.2, 0) is 25.7 Å². The van der Waals surface area contributed by atoms with Crippen molar-refractivity contribution in [2.45, 2.75) is 70.0 Å². The molecule has 63 heavy (non-hydrogen) atoms. The number of hydrogen-bond acceptors (Lipinski definition) is 15. The molecule has 6 amide bonds. The van der Waals surface area contributed by atoms with Crippen LogP contribution in [0, 0.1) is 11.8 Å². The topological polar surface area (TPSA) is 280 Å². The van der Waals surface area contributed by atoms with E-state index in [-0.39, 0.29) is 60.0 Å². The number of carboxylic acids is 1. The second-order valence-electron chi connectivity index (χ2n) is 16.5. The number of carbonyl (C=O) groups excluding carboxylic acids is 6. The van der Waals surface area contributed by atoms with Gasteiger partial charge in [0.25, 0.3) is 17.7 Å². The van der Waals surface area contributed by atoms with Crippen LogP contribution in [0.15, 0.2) is 48.7 Å². The van der Waals surface area contributed by atoms with Crippen LogP contribution in [0.2, 0.25) is 0 Å². The zero-order valence-corrected chi connectivity index (χ0v) is 34.7. The third-order valence-corrected chi connectivity index (χ3v) is 12.6. The molecular formula is C43H48N12O8. The molecule has 4 aliphatic heterocycles. The van der Waals surface area contributed by atoms with E-state index < -0.39 is 47.6 Å². The Hall–Kier alpha value is -7.25. The van der Waals surface area contributed by atoms with Gasteiger partial charge in [-0.05, 0) is 92.8 Å². The fraction of sp³-hybridized carbons (Fsp3) is 0.419. The predicted molar refractivity (Wildman–Crippen MR) is 228 cm³/mol. The molecule has 0 saturated carbocycles. The maximum Gasteiger partial charge on any atom is 0.326 e. The summed E-state index contributed by atoms with van der Waals surface area (Å²) in [6.45, 7) is 3.02. The number of fused-ring (bicyclic) bond motifs is 2. The van der Waals surface area contributed by atoms with E-state index in [0.717, 1.165) is 55.0 Å². The monoisotopic (exact) mass is 860 g/mol. The van der Waals surface area contributed by atoms with Crippen LogP contribution in [-0.4, -0.2) is 122 Å². The number of piperidine rings is 3. The Morgan fingerprint density at radius 1 is 0.889 bits per heavy atom. The number of aliphatic carboxylic acids is 1. The second kappa shape index (κ2) is 17.6. The standard InChI is InChI=1S/C43H48N12O8/c1-52(22-26-21-46-37-35(47-26)36(44)50-43(45)51-37)27-4-2-25(3-5-27)38(58)48-31(42(62)63)8-11-34(57)54-18-14-24(15-19-54)23-12-16-53(17-13-23)28-6-7-29-30(20-28)41(61)55(40(29)60)32-9-10-33(56)49-39(32)59/h2-7,20-21,23-24,31-32H,8-19,22H2,1H3,(H,48,58)(H,62,63)(H,49,56,59)(H4,44,45,46,50,51)/t31-,32?/m1/s1. The molecule has 0 radical (unpaired) electrons. The molecule has 2 aromatic heterocycles. The minimum Gasteiger partial charge on any atom is -0.480 e. The van der Waals surface area contributed by atoms with Crippen molar-refractivity contribution in [3.63, 3.8) is 0 Å². The molecule has 0 spiro atoms. The lowest BCUT2D eigenvalue weighted by molar-refractivity contribution is -0.140. The summed E-state index contributed by atoms with van der Waals surface area (Å²) < 4.78 is 0. The Kier molecular flexibility index (Phi) is 11.9. The highest BCUT2D eigenvalue weighted by Crippen LogP contribution is 2.36. The lowest BCUT2D eigenvalue weighted by atomic mass is 9.78. The fourth-order valence-electron chi connectivity index (χ4n) is 9.09. The Labute approximate surface area is 361 Å². The number of nitrogens with one attached hydrogen (secondary N) is 2. The van der Waals surface area contributed by atoms with Gasteiger partial charge in [-0.15, -0.1) is 0 Å². The number of benzene rings is 2. The molecule has 1 unspecified atom stereocenters. The van der Waals surface area contributed by atoms with Crippen molar-refractivity contribution in [3.8, 4) is 0 Å². The molecule has 4 aromatic rings. The first-order valence-corrected chi connectivity index (χ1v) is 21.0. The maximum absolute atomic E-state index is 13.3. The summed E-state index contributed by atoms with van der Waals surface area (Å²) in [5.41, 5.74) is 15.2. The van der Waals surface area contributed by atoms with E-state index in [1.54, 1.807) is 47.5 Å². The van der Waals surface area contributed by atoms with E-state index in [0.29, 0.717) is 48.3 Å². The lowest BCUT2D eigenvalue weighted by Gasteiger charge is -2.41. The molecule has 0 bridgehead atoms. The summed E-state index contributed by atoms with van der Waals surface area (Å²) in [4.78, 5) is 113. The van der Waals surface area contributed by atoms with Crippen molar-refractivity contribution in [1.29, 1.82) is 0 Å². The van der Waals surface area contributed by atoms with Gasteiger partial charge in [0.15, 0.2) is 17.0 Å². The summed E-state index contributed by atoms with van der Waals surface area (Å²) in [7, 11) is 1.84. The van der Waals surface area contributed by atoms with Crippen LogP contribution in [0.1, 0.15) is 88.1 Å². The first-order chi connectivity index (χ1) is 30.2. The van der Waals surface area contributed by atoms with Crippen molar-refractivity contribution >= 4 is 75.7 Å². The van der Waals surface area contributed by atoms with Gasteiger partial charge in [0, 0.05) is 63.0 Å². The molecule has 3 fully saturated rings. The predicted octanol–water partition coefficient (Wildman–Crippen LogP) is 1.74. The number of amides is 6. The second-order valence-corrected chi connectivity index (χ2v) is 16.5. The Bertz CT molecular complexity index is 2500. The Morgan fingerprint density at radius 2 is 1.57 bits per heavy atom. The molecule has 4 aliphatic rings. The van der Waals surface area contributed by atoms with Crippen LogP contribution in [0.3, 0.4) is 0 Å². The number of anilines is 4. The number of rotatable bonds is 12. The van der Waals surface area contributed by atoms with E-state index in [1.807, 2.05) is 18.0 Å². The summed E-state index contributed by atoms with van der Waals surface area (Å²) in [6.07, 6.45) is 5.17. The quantitative estimate of drug-likeness (QED) is 0.127. The van der Waals surface area contributed by atoms with E-state index >= 15 is 0 Å². The van der Waals surface area contributed by atoms with Crippen LogP contribution in [0.5, 0.6) is 0 Å². The first-order valence-electron chi connectivity index (χ1n) is 21.0. The number of carbonyl (C=O) groups is 7. The summed E-state index contributed by atoms with van der Waals surface area (Å²) in [6, 6.07) is 9.58. The van der Waals surface area contributed by atoms with Gasteiger partial charge in [0.2, 0.25) is 23.7 Å². The molecule has 7 N–H and O–H groups in total. The molecule has 2 aromatic carbocycles. The first kappa shape index (κ1) is 42.4. The smallest absolute Gasteiger partial charge is 0.326 e. The highest BCUT2D eigenvalue weighted by molar-refractivity contribution is 6.23. The number of nitrogen functional groups attached to an aromatic ring is 2. The van der Waals surface area contributed by atoms with E-state index in [2.05, 4.69) is 35.5 Å². The number of hydrogen-bond donors (Lipinski definition) is 5. The largest absolute Gasteiger partial charge is 0.480 e. The maximum atomic E-state index is 13.3. The highest BCUT2D eigenvalue weighted by Gasteiger charge is 2.45. The molecule has 20 heteroatoms. The van der Waals surface area contributed by atoms with Crippen LogP contribution in [0.25, 0.3) is 11.2 Å². The normalized spacial score (nSPS) is 18.9. The molecule has 8 rings (SSSR count). The van der Waals surface area contributed by atoms with Crippen LogP contribution >= 0.6 is 0 Å². The third kappa shape index (κ3) is 8.91. The molecule has 328 valence electrons. The zero-order chi connectivity index (χ0) is 44.5. The summed E-state index contributed by atoms with van der Waals surface area (Å²) >= 11 is 0. The van der Waals surface area contributed by atoms with Crippen molar-refractivity contribution in [2.24, 2.45) is 11.8 Å². The zero-order valence-electron chi connectivity index (χ0n) is 34.7. The van der Waals surface area contributed by atoms with E-state index in [1.165, 1.54) is 0 Å². The number of nitrogens with zero attached hydrogens (tertiary/aromatic N) is 8. The van der Waals surface area contributed by atoms with Gasteiger partial charge >= 0.3 is 5.97 Å². The minimum absolute atomic E-state index is 0.00718. The number of carboxylic acid groups (broad SMARTS) is 1. The van der Waals surface area contributed by atoms with E-state index in [4.69, 9.17) is 11.5 Å². The Morgan fingerprint density at radius 3 is 2.25 bits per heavy atom. The average Bonchev–Trinajstić information content (AvgIpc) is 3.52. The number of likely N-dealkylation sites (tertiary alicyclic amines) is 1. The summed E-state index contributed by atoms with van der Waals surface area (Å²) in [5.74, 6) is -3.04. The van der Waals surface area contributed by atoms with Crippen LogP contribution < -0.4 is 31.9 Å². The van der Waals surface area contributed by atoms with Crippen molar-refractivity contribution in [3.05, 3.63) is 71.0 Å². The molecule has 20 nitrogen and oxygen atoms in total. The molecular weight excluding hydrogens is 813 g/mol. The van der Waals surface area contributed by atoms with E-state index in [9.17, 15) is 38.7 Å². The van der Waals surface area contributed by atoms with Crippen molar-refractivity contribution in [2.75, 3.05) is 54.5 Å². The average molecular weight is 861 g/mol. The summed E-state index contributed by atoms with van der Waals surface area (Å²) in [5, 5.41) is 14.7. The van der Waals surface area contributed by atoms with Crippen LogP contribution in [0.4, 0.5) is 23.1 Å². The fourth-order valence-corrected chi connectivity index (χ4v) is 9.09. The SMILES string of the molecule is CN(Cc1cnc2nc(N)nc(N)c2n1)c1ccc(C(=O)N[C@H](CCC(=O)N2CCC(C3CCN(c4ccc5c(c4)C(=O)N(C4CCC(=O)NC4=O)C5=O)CC3)CC2)C(=O)O)cc1. The highest BCUT2D eigenvalue weighted by atomic mass is 16.4. The minimum atomic E-state index is -1.25. The van der Waals surface area contributed by atoms with Gasteiger partial charge in [-0.3, -0.25) is 39.0 Å². The number of nitrogens with two attached hydrogens (primary N) is 2. The van der Waals surface area contributed by atoms with Gasteiger partial charge in [-0.2, -0.15) is 9.97 Å². The number of aromatic nitrogens is 4. The number of imide groups is 2. The van der Waals surface area contributed by atoms with Gasteiger partial charge in [-0.1, -0.05) is 0 Å². The van der Waals surface area contributed by atoms with Crippen molar-refractivity contribution in [1.82, 2.24) is 40.4 Å². The molecule has 3 saturated heterocycles.